The predicted octanol–water partition coefficient (Wildman–Crippen LogP) is 6.61. The second-order valence-electron chi connectivity index (χ2n) is 8.49. The van der Waals surface area contributed by atoms with Crippen LogP contribution in [0.5, 0.6) is 0 Å². The summed E-state index contributed by atoms with van der Waals surface area (Å²) < 4.78 is 6.44. The van der Waals surface area contributed by atoms with Gasteiger partial charge in [-0.3, -0.25) is 4.98 Å². The van der Waals surface area contributed by atoms with E-state index in [9.17, 15) is 0 Å². The molecule has 1 aliphatic carbocycles. The Labute approximate surface area is 193 Å². The van der Waals surface area contributed by atoms with Gasteiger partial charge in [0.2, 0.25) is 0 Å². The summed E-state index contributed by atoms with van der Waals surface area (Å²) >= 11 is 12.2. The van der Waals surface area contributed by atoms with E-state index in [1.807, 2.05) is 43.5 Å². The summed E-state index contributed by atoms with van der Waals surface area (Å²) in [5.74, 6) is 1.72. The highest BCUT2D eigenvalue weighted by molar-refractivity contribution is 7.80. The molecule has 1 saturated heterocycles. The number of thiocarbonyl (C=S) groups is 1. The van der Waals surface area contributed by atoms with Crippen molar-refractivity contribution in [3.05, 3.63) is 76.8 Å². The number of nitrogens with zero attached hydrogens (tertiary/aromatic N) is 2. The average molecular weight is 452 g/mol. The van der Waals surface area contributed by atoms with Gasteiger partial charge < -0.3 is 14.6 Å². The minimum Gasteiger partial charge on any atom is -0.459 e. The van der Waals surface area contributed by atoms with Crippen LogP contribution in [0.3, 0.4) is 0 Å². The fraction of sp³-hybridized carbons (Fsp3) is 0.360. The number of nitrogens with one attached hydrogen (secondary N) is 1. The minimum atomic E-state index is -0.0452. The van der Waals surface area contributed by atoms with E-state index >= 15 is 0 Å². The molecular formula is C25H26ClN3OS. The average Bonchev–Trinajstić information content (AvgIpc) is 3.41. The van der Waals surface area contributed by atoms with Crippen LogP contribution in [0.4, 0.5) is 0 Å². The molecule has 6 heteroatoms. The lowest BCUT2D eigenvalue weighted by molar-refractivity contribution is 0.179. The molecule has 0 amide bonds. The van der Waals surface area contributed by atoms with Crippen molar-refractivity contribution in [3.63, 3.8) is 0 Å². The zero-order valence-electron chi connectivity index (χ0n) is 17.6. The van der Waals surface area contributed by atoms with Crippen LogP contribution in [-0.4, -0.2) is 21.0 Å². The first-order valence-corrected chi connectivity index (χ1v) is 11.8. The highest BCUT2D eigenvalue weighted by Gasteiger charge is 2.44. The molecule has 2 fully saturated rings. The quantitative estimate of drug-likeness (QED) is 0.452. The molecule has 0 spiro atoms. The fourth-order valence-corrected chi connectivity index (χ4v) is 5.41. The van der Waals surface area contributed by atoms with E-state index in [1.165, 1.54) is 19.3 Å². The summed E-state index contributed by atoms with van der Waals surface area (Å²) in [6, 6.07) is 16.5. The summed E-state index contributed by atoms with van der Waals surface area (Å²) in [5.41, 5.74) is 3.01. The number of aromatic nitrogens is 1. The van der Waals surface area contributed by atoms with Crippen molar-refractivity contribution in [3.8, 4) is 11.3 Å². The predicted molar refractivity (Wildman–Crippen MR) is 128 cm³/mol. The number of pyridine rings is 1. The lowest BCUT2D eigenvalue weighted by Crippen LogP contribution is -2.40. The Morgan fingerprint density at radius 1 is 1.10 bits per heavy atom. The lowest BCUT2D eigenvalue weighted by Gasteiger charge is -2.36. The Morgan fingerprint density at radius 2 is 1.94 bits per heavy atom. The fourth-order valence-electron chi connectivity index (χ4n) is 4.84. The SMILES string of the molecule is Cc1ccc(-c2ccc([C@H]3[C@@H](c4ccccn4)NC(=S)N3C3CCCCC3)o2)cc1Cl. The molecule has 1 N–H and O–H groups in total. The van der Waals surface area contributed by atoms with Crippen molar-refractivity contribution in [2.24, 2.45) is 0 Å². The van der Waals surface area contributed by atoms with Gasteiger partial charge in [0.05, 0.1) is 11.7 Å². The van der Waals surface area contributed by atoms with Crippen LogP contribution in [-0.2, 0) is 0 Å². The molecule has 5 rings (SSSR count). The van der Waals surface area contributed by atoms with E-state index in [0.717, 1.165) is 51.3 Å². The van der Waals surface area contributed by atoms with Gasteiger partial charge >= 0.3 is 0 Å². The maximum Gasteiger partial charge on any atom is 0.170 e. The summed E-state index contributed by atoms with van der Waals surface area (Å²) in [6.07, 6.45) is 7.95. The number of rotatable bonds is 4. The smallest absolute Gasteiger partial charge is 0.170 e. The van der Waals surface area contributed by atoms with Crippen LogP contribution >= 0.6 is 23.8 Å². The van der Waals surface area contributed by atoms with E-state index in [0.29, 0.717) is 6.04 Å². The number of halogens is 1. The van der Waals surface area contributed by atoms with Gasteiger partial charge in [-0.25, -0.2) is 0 Å². The van der Waals surface area contributed by atoms with E-state index in [1.54, 1.807) is 0 Å². The first-order valence-electron chi connectivity index (χ1n) is 11.0. The first kappa shape index (κ1) is 20.5. The van der Waals surface area contributed by atoms with Gasteiger partial charge in [0.1, 0.15) is 17.6 Å². The normalized spacial score (nSPS) is 22.0. The van der Waals surface area contributed by atoms with Crippen molar-refractivity contribution in [2.75, 3.05) is 0 Å². The van der Waals surface area contributed by atoms with Crippen LogP contribution in [0.15, 0.2) is 59.1 Å². The number of furan rings is 1. The van der Waals surface area contributed by atoms with Gasteiger partial charge in [-0.1, -0.05) is 49.1 Å². The van der Waals surface area contributed by atoms with Gasteiger partial charge in [-0.05, 0) is 67.9 Å². The van der Waals surface area contributed by atoms with Crippen molar-refractivity contribution < 1.29 is 4.42 Å². The van der Waals surface area contributed by atoms with Crippen molar-refractivity contribution >= 4 is 28.9 Å². The third-order valence-corrected chi connectivity index (χ3v) is 7.21. The molecule has 2 aliphatic rings. The summed E-state index contributed by atoms with van der Waals surface area (Å²) in [5, 5.41) is 5.09. The Kier molecular flexibility index (Phi) is 5.72. The number of benzene rings is 1. The molecule has 1 saturated carbocycles. The van der Waals surface area contributed by atoms with Crippen molar-refractivity contribution in [1.29, 1.82) is 0 Å². The molecule has 0 radical (unpaired) electrons. The van der Waals surface area contributed by atoms with Crippen LogP contribution in [0.2, 0.25) is 5.02 Å². The number of hydrogen-bond acceptors (Lipinski definition) is 3. The van der Waals surface area contributed by atoms with Crippen molar-refractivity contribution in [2.45, 2.75) is 57.2 Å². The molecular weight excluding hydrogens is 426 g/mol. The Bertz CT molecular complexity index is 1080. The van der Waals surface area contributed by atoms with E-state index < -0.39 is 0 Å². The van der Waals surface area contributed by atoms with E-state index in [2.05, 4.69) is 33.4 Å². The molecule has 31 heavy (non-hydrogen) atoms. The van der Waals surface area contributed by atoms with Crippen LogP contribution in [0.1, 0.15) is 61.2 Å². The standard InChI is InChI=1S/C25H26ClN3OS/c1-16-10-11-17(15-19(16)26)21-12-13-22(30-21)24-23(20-9-5-6-14-27-20)28-25(31)29(24)18-7-3-2-4-8-18/h5-6,9-15,18,23-24H,2-4,7-8H2,1H3,(H,28,31)/t23-,24+/m1/s1. The van der Waals surface area contributed by atoms with Gasteiger partial charge in [-0.2, -0.15) is 0 Å². The molecule has 1 aliphatic heterocycles. The molecule has 0 bridgehead atoms. The van der Waals surface area contributed by atoms with Crippen LogP contribution < -0.4 is 5.32 Å². The van der Waals surface area contributed by atoms with Crippen molar-refractivity contribution in [1.82, 2.24) is 15.2 Å². The monoisotopic (exact) mass is 451 g/mol. The largest absolute Gasteiger partial charge is 0.459 e. The third kappa shape index (κ3) is 3.97. The second kappa shape index (κ2) is 8.64. The zero-order valence-corrected chi connectivity index (χ0v) is 19.1. The molecule has 2 aromatic heterocycles. The minimum absolute atomic E-state index is 0.0276. The van der Waals surface area contributed by atoms with Gasteiger partial charge in [-0.15, -0.1) is 0 Å². The first-order chi connectivity index (χ1) is 15.1. The lowest BCUT2D eigenvalue weighted by atomic mass is 9.92. The molecule has 3 aromatic rings. The Balaban J connectivity index is 1.54. The van der Waals surface area contributed by atoms with Crippen LogP contribution in [0.25, 0.3) is 11.3 Å². The Morgan fingerprint density at radius 3 is 2.68 bits per heavy atom. The molecule has 3 heterocycles. The summed E-state index contributed by atoms with van der Waals surface area (Å²) in [4.78, 5) is 7.00. The highest BCUT2D eigenvalue weighted by atomic mass is 35.5. The molecule has 2 atom stereocenters. The zero-order chi connectivity index (χ0) is 21.4. The summed E-state index contributed by atoms with van der Waals surface area (Å²) in [7, 11) is 0. The second-order valence-corrected chi connectivity index (χ2v) is 9.29. The van der Waals surface area contributed by atoms with Gasteiger partial charge in [0, 0.05) is 22.8 Å². The van der Waals surface area contributed by atoms with Gasteiger partial charge in [0.25, 0.3) is 0 Å². The summed E-state index contributed by atoms with van der Waals surface area (Å²) in [6.45, 7) is 2.00. The van der Waals surface area contributed by atoms with E-state index in [4.69, 9.17) is 28.2 Å². The molecule has 4 nitrogen and oxygen atoms in total. The van der Waals surface area contributed by atoms with E-state index in [-0.39, 0.29) is 12.1 Å². The maximum atomic E-state index is 6.44. The number of aryl methyl sites for hydroxylation is 1. The maximum absolute atomic E-state index is 6.44. The van der Waals surface area contributed by atoms with Crippen LogP contribution in [0, 0.1) is 6.92 Å². The van der Waals surface area contributed by atoms with Gasteiger partial charge in [0.15, 0.2) is 5.11 Å². The number of hydrogen-bond donors (Lipinski definition) is 1. The topological polar surface area (TPSA) is 41.3 Å². The highest BCUT2D eigenvalue weighted by Crippen LogP contribution is 2.43. The molecule has 160 valence electrons. The molecule has 0 unspecified atom stereocenters. The Hall–Kier alpha value is -2.37. The molecule has 1 aromatic carbocycles. The third-order valence-electron chi connectivity index (χ3n) is 6.48.